The zero-order valence-electron chi connectivity index (χ0n) is 11.8. The highest BCUT2D eigenvalue weighted by Crippen LogP contribution is 2.14. The molecule has 0 amide bonds. The summed E-state index contributed by atoms with van der Waals surface area (Å²) < 4.78 is 0. The van der Waals surface area contributed by atoms with Crippen molar-refractivity contribution in [3.05, 3.63) is 17.4 Å². The van der Waals surface area contributed by atoms with Crippen molar-refractivity contribution >= 4 is 0 Å². The minimum atomic E-state index is 1.23. The molecular formula is C17H30. The monoisotopic (exact) mass is 234 g/mol. The molecule has 0 saturated carbocycles. The summed E-state index contributed by atoms with van der Waals surface area (Å²) in [6.07, 6.45) is 20.5. The Kier molecular flexibility index (Phi) is 9.14. The third-order valence-electron chi connectivity index (χ3n) is 3.75. The van der Waals surface area contributed by atoms with Gasteiger partial charge in [-0.2, -0.15) is 0 Å². The van der Waals surface area contributed by atoms with Crippen LogP contribution in [0.4, 0.5) is 0 Å². The third-order valence-corrected chi connectivity index (χ3v) is 3.75. The molecule has 0 aromatic rings. The van der Waals surface area contributed by atoms with Crippen molar-refractivity contribution in [1.82, 2.24) is 0 Å². The maximum atomic E-state index is 3.46. The highest BCUT2D eigenvalue weighted by molar-refractivity contribution is 4.97. The highest BCUT2D eigenvalue weighted by atomic mass is 14.0. The lowest BCUT2D eigenvalue weighted by atomic mass is 10.0. The standard InChI is InChI=1S/C17H30/c1-17-15-13-11-9-7-5-3-2-4-6-8-10-12-14-16-17/h13H,2-12,14,16H2,1H3. The Labute approximate surface area is 108 Å². The summed E-state index contributed by atoms with van der Waals surface area (Å²) >= 11 is 0. The quantitative estimate of drug-likeness (QED) is 0.439. The van der Waals surface area contributed by atoms with Crippen LogP contribution >= 0.6 is 0 Å². The lowest BCUT2D eigenvalue weighted by molar-refractivity contribution is 0.545. The van der Waals surface area contributed by atoms with Crippen LogP contribution in [0.3, 0.4) is 0 Å². The summed E-state index contributed by atoms with van der Waals surface area (Å²) in [5.41, 5.74) is 4.91. The lowest BCUT2D eigenvalue weighted by Crippen LogP contribution is -1.84. The van der Waals surface area contributed by atoms with Crippen LogP contribution < -0.4 is 0 Å². The van der Waals surface area contributed by atoms with Crippen LogP contribution in [0.15, 0.2) is 17.4 Å². The maximum Gasteiger partial charge on any atom is -0.0247 e. The first-order valence-electron chi connectivity index (χ1n) is 7.80. The highest BCUT2D eigenvalue weighted by Gasteiger charge is 1.95. The fraction of sp³-hybridized carbons (Fsp3) is 0.824. The van der Waals surface area contributed by atoms with Crippen LogP contribution in [0, 0.1) is 0 Å². The molecule has 0 N–H and O–H groups in total. The van der Waals surface area contributed by atoms with Crippen molar-refractivity contribution < 1.29 is 0 Å². The van der Waals surface area contributed by atoms with Crippen molar-refractivity contribution in [2.24, 2.45) is 0 Å². The van der Waals surface area contributed by atoms with E-state index in [9.17, 15) is 0 Å². The molecule has 1 aliphatic rings. The number of hydrogen-bond acceptors (Lipinski definition) is 0. The van der Waals surface area contributed by atoms with E-state index in [2.05, 4.69) is 18.7 Å². The van der Waals surface area contributed by atoms with E-state index in [0.29, 0.717) is 0 Å². The van der Waals surface area contributed by atoms with Crippen molar-refractivity contribution in [3.63, 3.8) is 0 Å². The van der Waals surface area contributed by atoms with Gasteiger partial charge in [0.2, 0.25) is 0 Å². The Balaban J connectivity index is 2.26. The second-order valence-electron chi connectivity index (χ2n) is 5.56. The molecule has 1 rings (SSSR count). The van der Waals surface area contributed by atoms with Crippen molar-refractivity contribution in [2.45, 2.75) is 90.4 Å². The normalized spacial score (nSPS) is 22.1. The molecule has 98 valence electrons. The number of rotatable bonds is 0. The van der Waals surface area contributed by atoms with Gasteiger partial charge in [-0.3, -0.25) is 0 Å². The van der Waals surface area contributed by atoms with Gasteiger partial charge in [0.05, 0.1) is 0 Å². The minimum Gasteiger partial charge on any atom is -0.126 e. The Hall–Kier alpha value is -0.480. The maximum absolute atomic E-state index is 3.46. The molecule has 0 spiro atoms. The summed E-state index contributed by atoms with van der Waals surface area (Å²) in [5, 5.41) is 0. The van der Waals surface area contributed by atoms with E-state index in [1.165, 1.54) is 89.0 Å². The van der Waals surface area contributed by atoms with Gasteiger partial charge < -0.3 is 0 Å². The molecule has 0 fully saturated rings. The van der Waals surface area contributed by atoms with E-state index in [0.717, 1.165) is 0 Å². The van der Waals surface area contributed by atoms with Crippen LogP contribution in [-0.4, -0.2) is 0 Å². The number of hydrogen-bond donors (Lipinski definition) is 0. The van der Waals surface area contributed by atoms with Gasteiger partial charge in [-0.15, -0.1) is 5.73 Å². The Morgan fingerprint density at radius 3 is 1.76 bits per heavy atom. The van der Waals surface area contributed by atoms with E-state index in [1.54, 1.807) is 0 Å². The van der Waals surface area contributed by atoms with E-state index in [-0.39, 0.29) is 0 Å². The molecule has 0 aliphatic heterocycles. The molecular weight excluding hydrogens is 204 g/mol. The Morgan fingerprint density at radius 1 is 0.706 bits per heavy atom. The first-order valence-corrected chi connectivity index (χ1v) is 7.80. The summed E-state index contributed by atoms with van der Waals surface area (Å²) in [4.78, 5) is 0. The molecule has 0 atom stereocenters. The molecule has 0 nitrogen and oxygen atoms in total. The summed E-state index contributed by atoms with van der Waals surface area (Å²) in [6.45, 7) is 2.24. The summed E-state index contributed by atoms with van der Waals surface area (Å²) in [7, 11) is 0. The van der Waals surface area contributed by atoms with Gasteiger partial charge in [0, 0.05) is 0 Å². The van der Waals surface area contributed by atoms with Crippen LogP contribution in [0.2, 0.25) is 0 Å². The summed E-state index contributed by atoms with van der Waals surface area (Å²) in [5.74, 6) is 0. The smallest absolute Gasteiger partial charge is 0.0247 e. The van der Waals surface area contributed by atoms with Crippen LogP contribution in [-0.2, 0) is 0 Å². The van der Waals surface area contributed by atoms with Gasteiger partial charge in [-0.1, -0.05) is 57.8 Å². The third kappa shape index (κ3) is 9.24. The summed E-state index contributed by atoms with van der Waals surface area (Å²) in [6, 6.07) is 0. The SMILES string of the molecule is CC1=C=CCCCCCCCCCCCCC1. The first kappa shape index (κ1) is 14.6. The molecule has 0 aromatic heterocycles. The van der Waals surface area contributed by atoms with Gasteiger partial charge in [0.1, 0.15) is 0 Å². The van der Waals surface area contributed by atoms with Gasteiger partial charge >= 0.3 is 0 Å². The van der Waals surface area contributed by atoms with E-state index in [1.807, 2.05) is 0 Å². The van der Waals surface area contributed by atoms with Gasteiger partial charge in [-0.05, 0) is 44.3 Å². The van der Waals surface area contributed by atoms with E-state index >= 15 is 0 Å². The average molecular weight is 234 g/mol. The molecule has 17 heavy (non-hydrogen) atoms. The molecule has 0 aromatic carbocycles. The molecule has 1 aliphatic carbocycles. The van der Waals surface area contributed by atoms with Crippen molar-refractivity contribution in [1.29, 1.82) is 0 Å². The second kappa shape index (κ2) is 10.7. The molecule has 0 heteroatoms. The van der Waals surface area contributed by atoms with Gasteiger partial charge in [0.15, 0.2) is 0 Å². The van der Waals surface area contributed by atoms with Crippen molar-refractivity contribution in [3.8, 4) is 0 Å². The zero-order chi connectivity index (χ0) is 12.2. The van der Waals surface area contributed by atoms with Crippen molar-refractivity contribution in [2.75, 3.05) is 0 Å². The molecule has 0 heterocycles. The van der Waals surface area contributed by atoms with E-state index < -0.39 is 0 Å². The molecule has 0 saturated heterocycles. The average Bonchev–Trinajstić information content (AvgIpc) is 2.32. The predicted molar refractivity (Wildman–Crippen MR) is 77.3 cm³/mol. The lowest BCUT2D eigenvalue weighted by Gasteiger charge is -2.03. The molecule has 0 bridgehead atoms. The minimum absolute atomic E-state index is 1.23. The fourth-order valence-corrected chi connectivity index (χ4v) is 2.55. The van der Waals surface area contributed by atoms with Crippen LogP contribution in [0.5, 0.6) is 0 Å². The number of allylic oxidation sites excluding steroid dienone is 1. The second-order valence-corrected chi connectivity index (χ2v) is 5.56. The van der Waals surface area contributed by atoms with Crippen LogP contribution in [0.1, 0.15) is 90.4 Å². The Morgan fingerprint density at radius 2 is 1.18 bits per heavy atom. The molecule has 0 radical (unpaired) electrons. The predicted octanol–water partition coefficient (Wildman–Crippen LogP) is 6.17. The topological polar surface area (TPSA) is 0 Å². The fourth-order valence-electron chi connectivity index (χ4n) is 2.55. The molecule has 0 unspecified atom stereocenters. The van der Waals surface area contributed by atoms with E-state index in [4.69, 9.17) is 0 Å². The van der Waals surface area contributed by atoms with Crippen LogP contribution in [0.25, 0.3) is 0 Å². The first-order chi connectivity index (χ1) is 8.39. The zero-order valence-corrected chi connectivity index (χ0v) is 11.8. The van der Waals surface area contributed by atoms with Gasteiger partial charge in [0.25, 0.3) is 0 Å². The largest absolute Gasteiger partial charge is 0.126 e. The Bertz CT molecular complexity index is 230. The van der Waals surface area contributed by atoms with Gasteiger partial charge in [-0.25, -0.2) is 0 Å².